The summed E-state index contributed by atoms with van der Waals surface area (Å²) in [4.78, 5) is 29.2. The van der Waals surface area contributed by atoms with Crippen molar-refractivity contribution in [2.45, 2.75) is 27.3 Å². The van der Waals surface area contributed by atoms with Gasteiger partial charge in [-0.2, -0.15) is 4.99 Å². The van der Waals surface area contributed by atoms with Crippen LogP contribution in [0.25, 0.3) is 10.2 Å². The van der Waals surface area contributed by atoms with E-state index in [2.05, 4.69) is 11.1 Å². The van der Waals surface area contributed by atoms with E-state index in [1.54, 1.807) is 42.9 Å². The quantitative estimate of drug-likeness (QED) is 0.539. The van der Waals surface area contributed by atoms with Crippen LogP contribution in [0.5, 0.6) is 11.5 Å². The molecule has 0 aliphatic carbocycles. The third kappa shape index (κ3) is 5.07. The second-order valence-electron chi connectivity index (χ2n) is 6.68. The lowest BCUT2D eigenvalue weighted by atomic mass is 10.1. The number of methoxy groups -OCH3 is 1. The van der Waals surface area contributed by atoms with Gasteiger partial charge in [0.05, 0.1) is 23.9 Å². The lowest BCUT2D eigenvalue weighted by Crippen LogP contribution is -2.24. The Hall–Kier alpha value is -3.13. The molecule has 0 unspecified atom stereocenters. The molecule has 30 heavy (non-hydrogen) atoms. The number of aryl methyl sites for hydroxylation is 2. The van der Waals surface area contributed by atoms with E-state index < -0.39 is 5.91 Å². The summed E-state index contributed by atoms with van der Waals surface area (Å²) < 4.78 is 18.4. The molecule has 1 aromatic heterocycles. The number of rotatable bonds is 7. The first kappa shape index (κ1) is 21.6. The Morgan fingerprint density at radius 2 is 1.80 bits per heavy atom. The Morgan fingerprint density at radius 1 is 1.10 bits per heavy atom. The Bertz CT molecular complexity index is 1130. The summed E-state index contributed by atoms with van der Waals surface area (Å²) in [5.74, 6) is 0.431. The minimum absolute atomic E-state index is 0.0117. The molecule has 2 aromatic carbocycles. The van der Waals surface area contributed by atoms with Gasteiger partial charge >= 0.3 is 5.97 Å². The van der Waals surface area contributed by atoms with Crippen LogP contribution in [0.4, 0.5) is 0 Å². The monoisotopic (exact) mass is 428 g/mol. The van der Waals surface area contributed by atoms with Crippen LogP contribution in [0.15, 0.2) is 41.4 Å². The van der Waals surface area contributed by atoms with Gasteiger partial charge in [-0.15, -0.1) is 0 Å². The molecule has 0 saturated carbocycles. The SMILES string of the molecule is CCOC(=O)Cn1c(=NC(=O)COc2ccc(OC)cc2)sc2c(C)cc(C)cc21. The smallest absolute Gasteiger partial charge is 0.326 e. The number of carbonyl (C=O) groups is 2. The molecule has 158 valence electrons. The molecule has 1 amide bonds. The molecule has 0 aliphatic heterocycles. The molecule has 0 spiro atoms. The summed E-state index contributed by atoms with van der Waals surface area (Å²) in [6.07, 6.45) is 0. The molecule has 1 heterocycles. The van der Waals surface area contributed by atoms with Crippen LogP contribution in [-0.4, -0.2) is 36.8 Å². The third-order valence-electron chi connectivity index (χ3n) is 4.35. The van der Waals surface area contributed by atoms with E-state index in [0.29, 0.717) is 22.9 Å². The first-order chi connectivity index (χ1) is 14.4. The summed E-state index contributed by atoms with van der Waals surface area (Å²) in [7, 11) is 1.58. The van der Waals surface area contributed by atoms with Crippen LogP contribution in [0.2, 0.25) is 0 Å². The number of fused-ring (bicyclic) bond motifs is 1. The van der Waals surface area contributed by atoms with Gasteiger partial charge in [0.15, 0.2) is 11.4 Å². The van der Waals surface area contributed by atoms with Crippen LogP contribution in [0.3, 0.4) is 0 Å². The maximum absolute atomic E-state index is 12.5. The molecule has 0 aliphatic rings. The van der Waals surface area contributed by atoms with E-state index in [1.807, 2.05) is 19.9 Å². The van der Waals surface area contributed by atoms with Crippen LogP contribution < -0.4 is 14.3 Å². The molecule has 7 nitrogen and oxygen atoms in total. The summed E-state index contributed by atoms with van der Waals surface area (Å²) >= 11 is 1.37. The Balaban J connectivity index is 1.90. The summed E-state index contributed by atoms with van der Waals surface area (Å²) in [6, 6.07) is 11.0. The lowest BCUT2D eigenvalue weighted by molar-refractivity contribution is -0.143. The second kappa shape index (κ2) is 9.58. The van der Waals surface area contributed by atoms with Gasteiger partial charge in [-0.25, -0.2) is 0 Å². The molecule has 0 bridgehead atoms. The highest BCUT2D eigenvalue weighted by Gasteiger charge is 2.14. The van der Waals surface area contributed by atoms with Gasteiger partial charge in [-0.1, -0.05) is 17.4 Å². The molecular weight excluding hydrogens is 404 g/mol. The van der Waals surface area contributed by atoms with Crippen molar-refractivity contribution in [3.05, 3.63) is 52.3 Å². The maximum atomic E-state index is 12.5. The van der Waals surface area contributed by atoms with Gasteiger partial charge in [0.1, 0.15) is 18.0 Å². The summed E-state index contributed by atoms with van der Waals surface area (Å²) in [5, 5.41) is 0. The normalized spacial score (nSPS) is 11.5. The minimum atomic E-state index is -0.440. The number of benzene rings is 2. The lowest BCUT2D eigenvalue weighted by Gasteiger charge is -2.07. The Morgan fingerprint density at radius 3 is 2.47 bits per heavy atom. The number of aromatic nitrogens is 1. The van der Waals surface area contributed by atoms with Crippen molar-refractivity contribution in [3.8, 4) is 11.5 Å². The van der Waals surface area contributed by atoms with Gasteiger partial charge in [-0.3, -0.25) is 9.59 Å². The molecule has 0 atom stereocenters. The zero-order chi connectivity index (χ0) is 21.7. The van der Waals surface area contributed by atoms with E-state index in [4.69, 9.17) is 14.2 Å². The van der Waals surface area contributed by atoms with E-state index >= 15 is 0 Å². The molecule has 3 aromatic rings. The fourth-order valence-corrected chi connectivity index (χ4v) is 4.14. The van der Waals surface area contributed by atoms with Crippen molar-refractivity contribution in [1.82, 2.24) is 4.57 Å². The van der Waals surface area contributed by atoms with Gasteiger partial charge in [0.2, 0.25) is 0 Å². The largest absolute Gasteiger partial charge is 0.497 e. The topological polar surface area (TPSA) is 79.1 Å². The van der Waals surface area contributed by atoms with Crippen molar-refractivity contribution in [2.75, 3.05) is 20.3 Å². The third-order valence-corrected chi connectivity index (χ3v) is 5.58. The van der Waals surface area contributed by atoms with Crippen LogP contribution in [0, 0.1) is 13.8 Å². The number of thiazole rings is 1. The molecule has 8 heteroatoms. The Kier molecular flexibility index (Phi) is 6.89. The molecule has 0 radical (unpaired) electrons. The summed E-state index contributed by atoms with van der Waals surface area (Å²) in [6.45, 7) is 5.82. The zero-order valence-corrected chi connectivity index (χ0v) is 18.2. The van der Waals surface area contributed by atoms with Gasteiger partial charge in [0, 0.05) is 0 Å². The Labute approximate surface area is 178 Å². The highest BCUT2D eigenvalue weighted by molar-refractivity contribution is 7.16. The van der Waals surface area contributed by atoms with E-state index in [0.717, 1.165) is 21.3 Å². The molecule has 0 saturated heterocycles. The number of ether oxygens (including phenoxy) is 3. The highest BCUT2D eigenvalue weighted by atomic mass is 32.1. The molecule has 3 rings (SSSR count). The standard InChI is InChI=1S/C22H24N2O5S/c1-5-28-20(26)12-24-18-11-14(2)10-15(3)21(18)30-22(24)23-19(25)13-29-17-8-6-16(27-4)7-9-17/h6-11H,5,12-13H2,1-4H3. The van der Waals surface area contributed by atoms with E-state index in [-0.39, 0.29) is 19.1 Å². The van der Waals surface area contributed by atoms with Gasteiger partial charge in [-0.05, 0) is 62.2 Å². The predicted octanol–water partition coefficient (Wildman–Crippen LogP) is 3.40. The second-order valence-corrected chi connectivity index (χ2v) is 7.65. The fourth-order valence-electron chi connectivity index (χ4n) is 3.04. The first-order valence-electron chi connectivity index (χ1n) is 9.52. The minimum Gasteiger partial charge on any atom is -0.497 e. The number of carbonyl (C=O) groups excluding carboxylic acids is 2. The number of amides is 1. The number of hydrogen-bond donors (Lipinski definition) is 0. The van der Waals surface area contributed by atoms with Crippen LogP contribution in [0.1, 0.15) is 18.1 Å². The van der Waals surface area contributed by atoms with Crippen molar-refractivity contribution in [2.24, 2.45) is 4.99 Å². The van der Waals surface area contributed by atoms with Crippen molar-refractivity contribution >= 4 is 33.4 Å². The molecular formula is C22H24N2O5S. The summed E-state index contributed by atoms with van der Waals surface area (Å²) in [5.41, 5.74) is 2.99. The zero-order valence-electron chi connectivity index (χ0n) is 17.4. The predicted molar refractivity (Wildman–Crippen MR) is 115 cm³/mol. The fraction of sp³-hybridized carbons (Fsp3) is 0.318. The number of nitrogens with zero attached hydrogens (tertiary/aromatic N) is 2. The van der Waals surface area contributed by atoms with E-state index in [1.165, 1.54) is 11.3 Å². The number of esters is 1. The molecule has 0 N–H and O–H groups in total. The van der Waals surface area contributed by atoms with Crippen molar-refractivity contribution in [3.63, 3.8) is 0 Å². The van der Waals surface area contributed by atoms with E-state index in [9.17, 15) is 9.59 Å². The van der Waals surface area contributed by atoms with Crippen LogP contribution in [-0.2, 0) is 20.9 Å². The maximum Gasteiger partial charge on any atom is 0.326 e. The average Bonchev–Trinajstić information content (AvgIpc) is 3.04. The molecule has 0 fully saturated rings. The first-order valence-corrected chi connectivity index (χ1v) is 10.3. The van der Waals surface area contributed by atoms with Gasteiger partial charge in [0.25, 0.3) is 5.91 Å². The highest BCUT2D eigenvalue weighted by Crippen LogP contribution is 2.23. The van der Waals surface area contributed by atoms with Crippen molar-refractivity contribution < 1.29 is 23.8 Å². The average molecular weight is 429 g/mol. The number of hydrogen-bond acceptors (Lipinski definition) is 6. The van der Waals surface area contributed by atoms with Gasteiger partial charge < -0.3 is 18.8 Å². The van der Waals surface area contributed by atoms with Crippen LogP contribution >= 0.6 is 11.3 Å². The van der Waals surface area contributed by atoms with Crippen molar-refractivity contribution in [1.29, 1.82) is 0 Å².